The molecule has 0 aromatic carbocycles. The standard InChI is InChI=1S/C16H36NO8/c18-5-13-22-9-1-17(2-10-23-14-6-19,3-11-24-15-7-20)4-12-25-16-8-21/h18-21H,1-16H2/q+1. The van der Waals surface area contributed by atoms with Gasteiger partial charge in [-0.1, -0.05) is 0 Å². The third kappa shape index (κ3) is 14.5. The van der Waals surface area contributed by atoms with Crippen molar-refractivity contribution in [1.82, 2.24) is 0 Å². The van der Waals surface area contributed by atoms with E-state index in [9.17, 15) is 0 Å². The normalized spacial score (nSPS) is 12.0. The van der Waals surface area contributed by atoms with Crippen LogP contribution in [-0.2, 0) is 18.9 Å². The maximum absolute atomic E-state index is 8.84. The number of rotatable bonds is 20. The highest BCUT2D eigenvalue weighted by Gasteiger charge is 2.27. The van der Waals surface area contributed by atoms with Gasteiger partial charge in [-0.2, -0.15) is 0 Å². The molecular weight excluding hydrogens is 334 g/mol. The van der Waals surface area contributed by atoms with Gasteiger partial charge in [0.25, 0.3) is 0 Å². The van der Waals surface area contributed by atoms with Crippen LogP contribution in [0.4, 0.5) is 0 Å². The van der Waals surface area contributed by atoms with Gasteiger partial charge in [0.15, 0.2) is 0 Å². The van der Waals surface area contributed by atoms with Crippen LogP contribution in [0.2, 0.25) is 0 Å². The zero-order valence-corrected chi connectivity index (χ0v) is 15.2. The molecule has 0 saturated carbocycles. The zero-order valence-electron chi connectivity index (χ0n) is 15.2. The minimum absolute atomic E-state index is 0.0150. The largest absolute Gasteiger partial charge is 0.394 e. The summed E-state index contributed by atoms with van der Waals surface area (Å²) in [7, 11) is 0. The smallest absolute Gasteiger partial charge is 0.103 e. The predicted molar refractivity (Wildman–Crippen MR) is 91.3 cm³/mol. The molecule has 0 rings (SSSR count). The molecular formula is C16H36NO8+. The molecule has 0 fully saturated rings. The summed E-state index contributed by atoms with van der Waals surface area (Å²) in [5.74, 6) is 0. The third-order valence-corrected chi connectivity index (χ3v) is 3.78. The number of aliphatic hydroxyl groups excluding tert-OH is 4. The highest BCUT2D eigenvalue weighted by Crippen LogP contribution is 2.08. The van der Waals surface area contributed by atoms with E-state index in [0.717, 1.165) is 0 Å². The van der Waals surface area contributed by atoms with Crippen LogP contribution in [0.25, 0.3) is 0 Å². The molecule has 0 aliphatic rings. The van der Waals surface area contributed by atoms with Crippen LogP contribution < -0.4 is 0 Å². The molecule has 25 heavy (non-hydrogen) atoms. The van der Waals surface area contributed by atoms with Gasteiger partial charge in [0, 0.05) is 0 Å². The van der Waals surface area contributed by atoms with Gasteiger partial charge in [-0.15, -0.1) is 0 Å². The number of quaternary nitrogens is 1. The summed E-state index contributed by atoms with van der Waals surface area (Å²) in [4.78, 5) is 0. The first-order chi connectivity index (χ1) is 12.2. The lowest BCUT2D eigenvalue weighted by atomic mass is 10.3. The molecule has 152 valence electrons. The van der Waals surface area contributed by atoms with Gasteiger partial charge in [-0.25, -0.2) is 0 Å². The summed E-state index contributed by atoms with van der Waals surface area (Å²) < 4.78 is 22.3. The number of hydrogen-bond donors (Lipinski definition) is 4. The summed E-state index contributed by atoms with van der Waals surface area (Å²) in [5.41, 5.74) is 0. The molecule has 0 saturated heterocycles. The average molecular weight is 370 g/mol. The van der Waals surface area contributed by atoms with E-state index in [0.29, 0.717) is 83.5 Å². The van der Waals surface area contributed by atoms with Crippen LogP contribution in [-0.4, -0.2) is 130 Å². The van der Waals surface area contributed by atoms with E-state index in [1.165, 1.54) is 0 Å². The Morgan fingerprint density at radius 3 is 0.840 bits per heavy atom. The lowest BCUT2D eigenvalue weighted by molar-refractivity contribution is -0.929. The van der Waals surface area contributed by atoms with Gasteiger partial charge in [-0.3, -0.25) is 0 Å². The SMILES string of the molecule is OCCOCC[N+](CCOCCO)(CCOCCO)CCOCCO. The van der Waals surface area contributed by atoms with Gasteiger partial charge >= 0.3 is 0 Å². The molecule has 0 amide bonds. The van der Waals surface area contributed by atoms with E-state index in [-0.39, 0.29) is 26.4 Å². The fourth-order valence-corrected chi connectivity index (χ4v) is 2.37. The number of ether oxygens (including phenoxy) is 4. The van der Waals surface area contributed by atoms with Crippen LogP contribution in [0.5, 0.6) is 0 Å². The molecule has 0 unspecified atom stereocenters. The van der Waals surface area contributed by atoms with Crippen molar-refractivity contribution in [2.75, 3.05) is 105 Å². The second kappa shape index (κ2) is 18.4. The van der Waals surface area contributed by atoms with E-state index < -0.39 is 0 Å². The van der Waals surface area contributed by atoms with E-state index in [1.807, 2.05) is 0 Å². The lowest BCUT2D eigenvalue weighted by Gasteiger charge is -2.38. The van der Waals surface area contributed by atoms with Crippen LogP contribution in [0.15, 0.2) is 0 Å². The van der Waals surface area contributed by atoms with Crippen molar-refractivity contribution in [1.29, 1.82) is 0 Å². The van der Waals surface area contributed by atoms with Crippen molar-refractivity contribution < 1.29 is 43.9 Å². The summed E-state index contributed by atoms with van der Waals surface area (Å²) in [6, 6.07) is 0. The van der Waals surface area contributed by atoms with Crippen molar-refractivity contribution in [3.8, 4) is 0 Å². The molecule has 0 aromatic heterocycles. The van der Waals surface area contributed by atoms with Crippen LogP contribution >= 0.6 is 0 Å². The van der Waals surface area contributed by atoms with E-state index >= 15 is 0 Å². The summed E-state index contributed by atoms with van der Waals surface area (Å²) >= 11 is 0. The lowest BCUT2D eigenvalue weighted by Crippen LogP contribution is -2.55. The number of hydrogen-bond acceptors (Lipinski definition) is 8. The van der Waals surface area contributed by atoms with E-state index in [1.54, 1.807) is 0 Å². The van der Waals surface area contributed by atoms with Gasteiger partial charge in [0.2, 0.25) is 0 Å². The maximum atomic E-state index is 8.84. The second-order valence-electron chi connectivity index (χ2n) is 5.58. The Bertz CT molecular complexity index is 217. The maximum Gasteiger partial charge on any atom is 0.103 e. The molecule has 0 atom stereocenters. The van der Waals surface area contributed by atoms with Gasteiger partial charge in [0.05, 0.1) is 79.3 Å². The summed E-state index contributed by atoms with van der Waals surface area (Å²) in [6.07, 6.45) is 0. The fourth-order valence-electron chi connectivity index (χ4n) is 2.37. The van der Waals surface area contributed by atoms with E-state index in [4.69, 9.17) is 39.4 Å². The van der Waals surface area contributed by atoms with Crippen molar-refractivity contribution in [2.45, 2.75) is 0 Å². The Balaban J connectivity index is 4.62. The predicted octanol–water partition coefficient (Wildman–Crippen LogP) is -2.16. The molecule has 0 aromatic rings. The molecule has 0 aliphatic carbocycles. The van der Waals surface area contributed by atoms with Gasteiger partial charge < -0.3 is 43.9 Å². The third-order valence-electron chi connectivity index (χ3n) is 3.78. The molecule has 4 N–H and O–H groups in total. The second-order valence-corrected chi connectivity index (χ2v) is 5.58. The van der Waals surface area contributed by atoms with Gasteiger partial charge in [-0.05, 0) is 0 Å². The van der Waals surface area contributed by atoms with E-state index in [2.05, 4.69) is 0 Å². The Morgan fingerprint density at radius 1 is 0.400 bits per heavy atom. The highest BCUT2D eigenvalue weighted by atomic mass is 16.5. The first kappa shape index (κ1) is 24.6. The zero-order chi connectivity index (χ0) is 18.6. The van der Waals surface area contributed by atoms with Crippen molar-refractivity contribution in [2.24, 2.45) is 0 Å². The van der Waals surface area contributed by atoms with Crippen LogP contribution in [0, 0.1) is 0 Å². The fraction of sp³-hybridized carbons (Fsp3) is 1.00. The Hall–Kier alpha value is -0.360. The number of aliphatic hydroxyl groups is 4. The Kier molecular flexibility index (Phi) is 18.2. The van der Waals surface area contributed by atoms with Crippen molar-refractivity contribution in [3.05, 3.63) is 0 Å². The first-order valence-corrected chi connectivity index (χ1v) is 8.84. The summed E-state index contributed by atoms with van der Waals surface area (Å²) in [5, 5.41) is 35.3. The molecule has 0 bridgehead atoms. The van der Waals surface area contributed by atoms with Crippen LogP contribution in [0.1, 0.15) is 0 Å². The molecule has 9 nitrogen and oxygen atoms in total. The molecule has 9 heteroatoms. The van der Waals surface area contributed by atoms with Crippen LogP contribution in [0.3, 0.4) is 0 Å². The average Bonchev–Trinajstić information content (AvgIpc) is 2.63. The number of nitrogens with zero attached hydrogens (tertiary/aromatic N) is 1. The van der Waals surface area contributed by atoms with Crippen molar-refractivity contribution >= 4 is 0 Å². The highest BCUT2D eigenvalue weighted by molar-refractivity contribution is 4.48. The van der Waals surface area contributed by atoms with Gasteiger partial charge in [0.1, 0.15) is 26.2 Å². The topological polar surface area (TPSA) is 118 Å². The Labute approximate surface area is 150 Å². The monoisotopic (exact) mass is 370 g/mol. The molecule has 0 heterocycles. The van der Waals surface area contributed by atoms with Crippen molar-refractivity contribution in [3.63, 3.8) is 0 Å². The molecule has 0 aliphatic heterocycles. The molecule has 0 spiro atoms. The quantitative estimate of drug-likeness (QED) is 0.141. The first-order valence-electron chi connectivity index (χ1n) is 8.84. The molecule has 0 radical (unpaired) electrons. The summed E-state index contributed by atoms with van der Waals surface area (Å²) in [6.45, 7) is 5.87. The minimum Gasteiger partial charge on any atom is -0.394 e. The minimum atomic E-state index is -0.0150. The Morgan fingerprint density at radius 2 is 0.640 bits per heavy atom.